The van der Waals surface area contributed by atoms with Crippen LogP contribution in [0.5, 0.6) is 0 Å². The average Bonchev–Trinajstić information content (AvgIpc) is 3.04. The smallest absolute Gasteiger partial charge is 0.331 e. The average molecular weight is 339 g/mol. The molecule has 0 bridgehead atoms. The fraction of sp³-hybridized carbons (Fsp3) is 0.263. The molecule has 0 spiro atoms. The third kappa shape index (κ3) is 2.40. The Bertz CT molecular complexity index is 820. The zero-order valence-electron chi connectivity index (χ0n) is 13.0. The molecule has 1 N–H and O–H groups in total. The van der Waals surface area contributed by atoms with E-state index in [4.69, 9.17) is 0 Å². The first kappa shape index (κ1) is 15.3. The molecule has 0 radical (unpaired) electrons. The summed E-state index contributed by atoms with van der Waals surface area (Å²) in [5.41, 5.74) is 2.79. The summed E-state index contributed by atoms with van der Waals surface area (Å²) in [5, 5.41) is 9.74. The Morgan fingerprint density at radius 2 is 1.75 bits per heavy atom. The van der Waals surface area contributed by atoms with E-state index in [1.165, 1.54) is 0 Å². The normalized spacial score (nSPS) is 21.9. The van der Waals surface area contributed by atoms with Gasteiger partial charge in [0.1, 0.15) is 0 Å². The highest BCUT2D eigenvalue weighted by molar-refractivity contribution is 7.99. The molecule has 5 heteroatoms. The number of nitrogens with zero attached hydrogens (tertiary/aromatic N) is 1. The summed E-state index contributed by atoms with van der Waals surface area (Å²) in [6.45, 7) is 0.455. The Morgan fingerprint density at radius 3 is 2.54 bits per heavy atom. The first-order chi connectivity index (χ1) is 11.7. The molecule has 1 amide bonds. The molecular formula is C19H17NO3S. The molecule has 0 fully saturated rings. The van der Waals surface area contributed by atoms with E-state index < -0.39 is 12.0 Å². The zero-order chi connectivity index (χ0) is 16.7. The van der Waals surface area contributed by atoms with E-state index >= 15 is 0 Å². The summed E-state index contributed by atoms with van der Waals surface area (Å²) in [6.07, 6.45) is 0.702. The number of benzene rings is 2. The SMILES string of the molecule is O=C(O)C1c2ccccc2CCN1C(=O)C1CSc2ccccc21. The number of carbonyl (C=O) groups is 2. The summed E-state index contributed by atoms with van der Waals surface area (Å²) in [4.78, 5) is 27.7. The number of fused-ring (bicyclic) bond motifs is 2. The van der Waals surface area contributed by atoms with Crippen LogP contribution < -0.4 is 0 Å². The highest BCUT2D eigenvalue weighted by atomic mass is 32.2. The maximum absolute atomic E-state index is 13.1. The number of hydrogen-bond acceptors (Lipinski definition) is 3. The van der Waals surface area contributed by atoms with Gasteiger partial charge in [0, 0.05) is 17.2 Å². The van der Waals surface area contributed by atoms with Crippen molar-refractivity contribution < 1.29 is 14.7 Å². The van der Waals surface area contributed by atoms with Gasteiger partial charge >= 0.3 is 5.97 Å². The molecule has 122 valence electrons. The predicted octanol–water partition coefficient (Wildman–Crippen LogP) is 3.09. The third-order valence-electron chi connectivity index (χ3n) is 4.80. The van der Waals surface area contributed by atoms with Crippen LogP contribution in [0.4, 0.5) is 0 Å². The monoisotopic (exact) mass is 339 g/mol. The van der Waals surface area contributed by atoms with Crippen LogP contribution in [-0.2, 0) is 16.0 Å². The molecule has 0 saturated heterocycles. The van der Waals surface area contributed by atoms with Crippen molar-refractivity contribution >= 4 is 23.6 Å². The molecule has 2 atom stereocenters. The van der Waals surface area contributed by atoms with Crippen molar-refractivity contribution in [1.82, 2.24) is 4.90 Å². The standard InChI is InChI=1S/C19H17NO3S/c21-18(15-11-24-16-8-4-3-7-14(15)16)20-10-9-12-5-1-2-6-13(12)17(20)19(22)23/h1-8,15,17H,9-11H2,(H,22,23). The molecule has 24 heavy (non-hydrogen) atoms. The van der Waals surface area contributed by atoms with E-state index in [2.05, 4.69) is 0 Å². The van der Waals surface area contributed by atoms with Crippen LogP contribution in [0.15, 0.2) is 53.4 Å². The van der Waals surface area contributed by atoms with Crippen LogP contribution in [-0.4, -0.2) is 34.2 Å². The summed E-state index contributed by atoms with van der Waals surface area (Å²) in [7, 11) is 0. The van der Waals surface area contributed by atoms with Crippen molar-refractivity contribution in [2.45, 2.75) is 23.3 Å². The minimum absolute atomic E-state index is 0.0747. The minimum Gasteiger partial charge on any atom is -0.479 e. The Balaban J connectivity index is 1.69. The maximum atomic E-state index is 13.1. The van der Waals surface area contributed by atoms with Gasteiger partial charge in [0.2, 0.25) is 5.91 Å². The van der Waals surface area contributed by atoms with E-state index in [9.17, 15) is 14.7 Å². The second-order valence-corrected chi connectivity index (χ2v) is 7.18. The van der Waals surface area contributed by atoms with E-state index in [1.54, 1.807) is 16.7 Å². The number of amides is 1. The Hall–Kier alpha value is -2.27. The summed E-state index contributed by atoms with van der Waals surface area (Å²) >= 11 is 1.67. The van der Waals surface area contributed by atoms with Crippen LogP contribution in [0.3, 0.4) is 0 Å². The Kier molecular flexibility index (Phi) is 3.81. The van der Waals surface area contributed by atoms with Crippen LogP contribution in [0.25, 0.3) is 0 Å². The summed E-state index contributed by atoms with van der Waals surface area (Å²) in [5.74, 6) is -0.607. The molecule has 2 unspecified atom stereocenters. The molecule has 2 heterocycles. The van der Waals surface area contributed by atoms with Gasteiger partial charge in [0.15, 0.2) is 6.04 Å². The van der Waals surface area contributed by atoms with Crippen LogP contribution in [0.2, 0.25) is 0 Å². The quantitative estimate of drug-likeness (QED) is 0.913. The number of carboxylic acids is 1. The highest BCUT2D eigenvalue weighted by Crippen LogP contribution is 2.42. The lowest BCUT2D eigenvalue weighted by atomic mass is 9.90. The highest BCUT2D eigenvalue weighted by Gasteiger charge is 2.40. The van der Waals surface area contributed by atoms with Gasteiger partial charge in [0.05, 0.1) is 5.92 Å². The summed E-state index contributed by atoms with van der Waals surface area (Å²) < 4.78 is 0. The van der Waals surface area contributed by atoms with Gasteiger partial charge < -0.3 is 10.0 Å². The molecule has 2 aromatic carbocycles. The number of aliphatic carboxylic acids is 1. The molecular weight excluding hydrogens is 322 g/mol. The number of rotatable bonds is 2. The van der Waals surface area contributed by atoms with Crippen LogP contribution >= 0.6 is 11.8 Å². The van der Waals surface area contributed by atoms with E-state index in [1.807, 2.05) is 48.5 Å². The zero-order valence-corrected chi connectivity index (χ0v) is 13.8. The molecule has 0 aromatic heterocycles. The molecule has 4 nitrogen and oxygen atoms in total. The van der Waals surface area contributed by atoms with Gasteiger partial charge in [-0.05, 0) is 29.2 Å². The Morgan fingerprint density at radius 1 is 1.04 bits per heavy atom. The number of carboxylic acid groups (broad SMARTS) is 1. The van der Waals surface area contributed by atoms with Gasteiger partial charge in [-0.3, -0.25) is 4.79 Å². The van der Waals surface area contributed by atoms with Gasteiger partial charge in [0.25, 0.3) is 0 Å². The minimum atomic E-state index is -0.963. The fourth-order valence-corrected chi connectivity index (χ4v) is 4.86. The number of thioether (sulfide) groups is 1. The van der Waals surface area contributed by atoms with Crippen LogP contribution in [0, 0.1) is 0 Å². The second-order valence-electron chi connectivity index (χ2n) is 6.12. The first-order valence-electron chi connectivity index (χ1n) is 7.99. The van der Waals surface area contributed by atoms with E-state index in [0.29, 0.717) is 18.7 Å². The molecule has 2 aliphatic rings. The molecule has 0 saturated carbocycles. The van der Waals surface area contributed by atoms with Gasteiger partial charge in [-0.1, -0.05) is 42.5 Å². The van der Waals surface area contributed by atoms with Crippen molar-refractivity contribution in [1.29, 1.82) is 0 Å². The van der Waals surface area contributed by atoms with E-state index in [0.717, 1.165) is 21.6 Å². The molecule has 4 rings (SSSR count). The van der Waals surface area contributed by atoms with Gasteiger partial charge in [-0.2, -0.15) is 0 Å². The largest absolute Gasteiger partial charge is 0.479 e. The lowest BCUT2D eigenvalue weighted by Crippen LogP contribution is -2.45. The number of hydrogen-bond donors (Lipinski definition) is 1. The van der Waals surface area contributed by atoms with Gasteiger partial charge in [-0.15, -0.1) is 11.8 Å². The van der Waals surface area contributed by atoms with Gasteiger partial charge in [-0.25, -0.2) is 4.79 Å². The van der Waals surface area contributed by atoms with Crippen molar-refractivity contribution in [3.63, 3.8) is 0 Å². The summed E-state index contributed by atoms with van der Waals surface area (Å²) in [6, 6.07) is 14.5. The topological polar surface area (TPSA) is 57.6 Å². The maximum Gasteiger partial charge on any atom is 0.331 e. The van der Waals surface area contributed by atoms with Crippen molar-refractivity contribution in [3.8, 4) is 0 Å². The lowest BCUT2D eigenvalue weighted by Gasteiger charge is -2.36. The fourth-order valence-electron chi connectivity index (χ4n) is 3.64. The number of carbonyl (C=O) groups excluding carboxylic acids is 1. The van der Waals surface area contributed by atoms with Crippen molar-refractivity contribution in [2.24, 2.45) is 0 Å². The van der Waals surface area contributed by atoms with Crippen molar-refractivity contribution in [3.05, 3.63) is 65.2 Å². The van der Waals surface area contributed by atoms with Crippen molar-refractivity contribution in [2.75, 3.05) is 12.3 Å². The Labute approximate surface area is 144 Å². The molecule has 2 aromatic rings. The first-order valence-corrected chi connectivity index (χ1v) is 8.98. The van der Waals surface area contributed by atoms with E-state index in [-0.39, 0.29) is 11.8 Å². The lowest BCUT2D eigenvalue weighted by molar-refractivity contribution is -0.151. The third-order valence-corrected chi connectivity index (χ3v) is 5.98. The second kappa shape index (κ2) is 5.98. The molecule has 2 aliphatic heterocycles. The predicted molar refractivity (Wildman–Crippen MR) is 92.1 cm³/mol. The molecule has 0 aliphatic carbocycles. The van der Waals surface area contributed by atoms with Crippen LogP contribution in [0.1, 0.15) is 28.7 Å².